The first kappa shape index (κ1) is 24.8. The number of amides is 2. The molecule has 0 heterocycles. The van der Waals surface area contributed by atoms with Gasteiger partial charge in [0, 0.05) is 19.8 Å². The zero-order valence-electron chi connectivity index (χ0n) is 17.3. The largest absolute Gasteiger partial charge is 0.467 e. The highest BCUT2D eigenvalue weighted by molar-refractivity contribution is 5.90. The number of rotatable bonds is 8. The Kier molecular flexibility index (Phi) is 8.34. The average Bonchev–Trinajstić information content (AvgIpc) is 2.71. The fourth-order valence-corrected chi connectivity index (χ4v) is 3.07. The topological polar surface area (TPSA) is 84.5 Å². The summed E-state index contributed by atoms with van der Waals surface area (Å²) in [5.41, 5.74) is -0.324. The Balaban J connectivity index is 2.22. The summed E-state index contributed by atoms with van der Waals surface area (Å²) in [4.78, 5) is 36.5. The van der Waals surface area contributed by atoms with Crippen molar-refractivity contribution in [1.82, 2.24) is 10.6 Å². The van der Waals surface area contributed by atoms with Crippen molar-refractivity contribution in [2.45, 2.75) is 38.0 Å². The lowest BCUT2D eigenvalue weighted by Crippen LogP contribution is -2.53. The number of nitrogens with one attached hydrogen (secondary N) is 2. The summed E-state index contributed by atoms with van der Waals surface area (Å²) in [7, 11) is 1.08. The van der Waals surface area contributed by atoms with E-state index >= 15 is 0 Å². The van der Waals surface area contributed by atoms with E-state index < -0.39 is 47.4 Å². The van der Waals surface area contributed by atoms with E-state index in [2.05, 4.69) is 15.4 Å². The van der Waals surface area contributed by atoms with Crippen molar-refractivity contribution in [3.05, 3.63) is 71.0 Å². The van der Waals surface area contributed by atoms with Crippen molar-refractivity contribution in [2.24, 2.45) is 0 Å². The van der Waals surface area contributed by atoms with Gasteiger partial charge in [0.1, 0.15) is 17.9 Å². The van der Waals surface area contributed by atoms with Crippen LogP contribution in [-0.4, -0.2) is 37.0 Å². The van der Waals surface area contributed by atoms with Crippen LogP contribution in [0.15, 0.2) is 48.5 Å². The van der Waals surface area contributed by atoms with E-state index in [1.807, 2.05) is 0 Å². The van der Waals surface area contributed by atoms with Crippen molar-refractivity contribution >= 4 is 17.8 Å². The molecule has 6 nitrogen and oxygen atoms in total. The molecule has 10 heteroatoms. The summed E-state index contributed by atoms with van der Waals surface area (Å²) in [5, 5.41) is 4.84. The summed E-state index contributed by atoms with van der Waals surface area (Å²) in [6.45, 7) is 1.19. The summed E-state index contributed by atoms with van der Waals surface area (Å²) in [6, 6.07) is 7.31. The van der Waals surface area contributed by atoms with Crippen molar-refractivity contribution in [3.8, 4) is 0 Å². The Hall–Kier alpha value is -3.43. The van der Waals surface area contributed by atoms with Gasteiger partial charge in [-0.1, -0.05) is 30.3 Å². The molecule has 0 fully saturated rings. The molecule has 2 rings (SSSR count). The van der Waals surface area contributed by atoms with E-state index in [4.69, 9.17) is 0 Å². The van der Waals surface area contributed by atoms with Gasteiger partial charge in [0.15, 0.2) is 0 Å². The number of carbonyl (C=O) groups excluding carboxylic acids is 3. The number of hydrogen-bond donors (Lipinski definition) is 2. The number of carbonyl (C=O) groups is 3. The van der Waals surface area contributed by atoms with Crippen LogP contribution in [0.5, 0.6) is 0 Å². The normalized spacial score (nSPS) is 13.1. The molecule has 2 atom stereocenters. The molecule has 2 aromatic carbocycles. The van der Waals surface area contributed by atoms with Crippen LogP contribution in [0.2, 0.25) is 0 Å². The Morgan fingerprint density at radius 2 is 1.53 bits per heavy atom. The third-order valence-electron chi connectivity index (χ3n) is 4.52. The van der Waals surface area contributed by atoms with Crippen LogP contribution in [-0.2, 0) is 38.1 Å². The maximum Gasteiger partial charge on any atom is 0.416 e. The van der Waals surface area contributed by atoms with Gasteiger partial charge in [0.05, 0.1) is 12.7 Å². The second-order valence-corrected chi connectivity index (χ2v) is 7.07. The third-order valence-corrected chi connectivity index (χ3v) is 4.52. The molecular weight excluding hydrogens is 432 g/mol. The summed E-state index contributed by atoms with van der Waals surface area (Å²) in [5.74, 6) is -2.70. The van der Waals surface area contributed by atoms with E-state index in [1.165, 1.54) is 37.3 Å². The molecule has 0 spiro atoms. The molecule has 0 bridgehead atoms. The molecule has 2 aromatic rings. The number of alkyl halides is 3. The molecule has 2 amide bonds. The van der Waals surface area contributed by atoms with Crippen LogP contribution in [0.1, 0.15) is 23.6 Å². The fraction of sp³-hybridized carbons (Fsp3) is 0.318. The minimum absolute atomic E-state index is 0.0688. The predicted octanol–water partition coefficient (Wildman–Crippen LogP) is 2.79. The lowest BCUT2D eigenvalue weighted by molar-refractivity contribution is -0.145. The average molecular weight is 454 g/mol. The first-order valence-electron chi connectivity index (χ1n) is 9.55. The Labute approximate surface area is 181 Å². The Bertz CT molecular complexity index is 978. The number of esters is 1. The van der Waals surface area contributed by atoms with Crippen molar-refractivity contribution in [3.63, 3.8) is 0 Å². The van der Waals surface area contributed by atoms with Gasteiger partial charge in [0.25, 0.3) is 0 Å². The highest BCUT2D eigenvalue weighted by atomic mass is 19.4. The number of benzene rings is 2. The first-order valence-corrected chi connectivity index (χ1v) is 9.55. The van der Waals surface area contributed by atoms with Gasteiger partial charge in [-0.25, -0.2) is 9.18 Å². The number of methoxy groups -OCH3 is 1. The monoisotopic (exact) mass is 454 g/mol. The number of halogens is 4. The van der Waals surface area contributed by atoms with Gasteiger partial charge in [0.2, 0.25) is 11.8 Å². The molecule has 0 radical (unpaired) electrons. The zero-order valence-corrected chi connectivity index (χ0v) is 17.3. The van der Waals surface area contributed by atoms with E-state index in [-0.39, 0.29) is 18.4 Å². The fourth-order valence-electron chi connectivity index (χ4n) is 3.07. The summed E-state index contributed by atoms with van der Waals surface area (Å²) in [6.07, 6.45) is -4.91. The van der Waals surface area contributed by atoms with Crippen molar-refractivity contribution in [1.29, 1.82) is 0 Å². The molecule has 0 saturated carbocycles. The molecule has 0 aliphatic heterocycles. The van der Waals surface area contributed by atoms with E-state index in [1.54, 1.807) is 6.07 Å². The maximum absolute atomic E-state index is 13.5. The molecule has 0 aliphatic carbocycles. The van der Waals surface area contributed by atoms with E-state index in [9.17, 15) is 31.9 Å². The summed E-state index contributed by atoms with van der Waals surface area (Å²) >= 11 is 0. The van der Waals surface area contributed by atoms with E-state index in [0.29, 0.717) is 5.56 Å². The maximum atomic E-state index is 13.5. The van der Waals surface area contributed by atoms with Gasteiger partial charge >= 0.3 is 12.1 Å². The highest BCUT2D eigenvalue weighted by Gasteiger charge is 2.31. The first-order chi connectivity index (χ1) is 15.0. The zero-order chi connectivity index (χ0) is 23.9. The van der Waals surface area contributed by atoms with Gasteiger partial charge < -0.3 is 15.4 Å². The lowest BCUT2D eigenvalue weighted by Gasteiger charge is -2.22. The molecular formula is C22H22F4N2O4. The smallest absolute Gasteiger partial charge is 0.416 e. The molecule has 0 saturated heterocycles. The molecule has 172 valence electrons. The molecule has 0 unspecified atom stereocenters. The van der Waals surface area contributed by atoms with E-state index in [0.717, 1.165) is 19.2 Å². The third kappa shape index (κ3) is 7.36. The van der Waals surface area contributed by atoms with Crippen molar-refractivity contribution < 1.29 is 36.7 Å². The number of hydrogen-bond acceptors (Lipinski definition) is 4. The quantitative estimate of drug-likeness (QED) is 0.475. The van der Waals surface area contributed by atoms with Crippen LogP contribution in [0.4, 0.5) is 17.6 Å². The van der Waals surface area contributed by atoms with Gasteiger partial charge in [-0.2, -0.15) is 13.2 Å². The summed E-state index contributed by atoms with van der Waals surface area (Å²) < 4.78 is 57.1. The van der Waals surface area contributed by atoms with Crippen LogP contribution < -0.4 is 10.6 Å². The molecule has 32 heavy (non-hydrogen) atoms. The standard InChI is InChI=1S/C22H22F4N2O4/c1-13(29)27-18(11-15-6-4-8-17(23)10-15)20(30)28-19(21(31)32-2)12-14-5-3-7-16(9-14)22(24,25)26/h3-10,18-19H,11-12H2,1-2H3,(H,27,29)(H,28,30)/t18-,19-/m0/s1. The van der Waals surface area contributed by atoms with Crippen LogP contribution in [0.3, 0.4) is 0 Å². The minimum Gasteiger partial charge on any atom is -0.467 e. The van der Waals surface area contributed by atoms with Crippen LogP contribution in [0, 0.1) is 5.82 Å². The minimum atomic E-state index is -4.57. The predicted molar refractivity (Wildman–Crippen MR) is 107 cm³/mol. The van der Waals surface area contributed by atoms with Gasteiger partial charge in [-0.3, -0.25) is 9.59 Å². The molecule has 2 N–H and O–H groups in total. The lowest BCUT2D eigenvalue weighted by atomic mass is 10.0. The second kappa shape index (κ2) is 10.7. The second-order valence-electron chi connectivity index (χ2n) is 7.07. The van der Waals surface area contributed by atoms with Crippen LogP contribution >= 0.6 is 0 Å². The Morgan fingerprint density at radius 1 is 0.938 bits per heavy atom. The molecule has 0 aromatic heterocycles. The van der Waals surface area contributed by atoms with Gasteiger partial charge in [-0.15, -0.1) is 0 Å². The Morgan fingerprint density at radius 3 is 2.09 bits per heavy atom. The highest BCUT2D eigenvalue weighted by Crippen LogP contribution is 2.29. The van der Waals surface area contributed by atoms with Gasteiger partial charge in [-0.05, 0) is 29.3 Å². The molecule has 0 aliphatic rings. The SMILES string of the molecule is COC(=O)[C@H](Cc1cccc(C(F)(F)F)c1)NC(=O)[C@H](Cc1cccc(F)c1)NC(C)=O. The number of ether oxygens (including phenoxy) is 1. The van der Waals surface area contributed by atoms with Crippen LogP contribution in [0.25, 0.3) is 0 Å². The van der Waals surface area contributed by atoms with Crippen molar-refractivity contribution in [2.75, 3.05) is 7.11 Å².